The molecule has 2 heterocycles. The minimum Gasteiger partial charge on any atom is -0.381 e. The van der Waals surface area contributed by atoms with E-state index in [2.05, 4.69) is 16.9 Å². The number of nitrogens with zero attached hydrogens (tertiary/aromatic N) is 2. The highest BCUT2D eigenvalue weighted by molar-refractivity contribution is 5.99. The van der Waals surface area contributed by atoms with Crippen LogP contribution < -0.4 is 10.2 Å². The van der Waals surface area contributed by atoms with Gasteiger partial charge in [0.1, 0.15) is 5.82 Å². The molecule has 0 aliphatic carbocycles. The van der Waals surface area contributed by atoms with E-state index in [0.717, 1.165) is 23.2 Å². The van der Waals surface area contributed by atoms with Crippen LogP contribution in [0.5, 0.6) is 0 Å². The van der Waals surface area contributed by atoms with Crippen molar-refractivity contribution in [3.8, 4) is 0 Å². The first-order chi connectivity index (χ1) is 11.0. The van der Waals surface area contributed by atoms with E-state index in [0.29, 0.717) is 36.7 Å². The van der Waals surface area contributed by atoms with Gasteiger partial charge in [0, 0.05) is 31.3 Å². The quantitative estimate of drug-likeness (QED) is 0.624. The van der Waals surface area contributed by atoms with Crippen molar-refractivity contribution in [2.45, 2.75) is 33.6 Å². The van der Waals surface area contributed by atoms with Gasteiger partial charge < -0.3 is 10.7 Å². The molecule has 2 rings (SSSR count). The molecule has 1 saturated heterocycles. The number of allylic oxidation sites excluding steroid dienone is 1. The summed E-state index contributed by atoms with van der Waals surface area (Å²) in [4.78, 5) is 18.2. The molecule has 1 aromatic rings. The van der Waals surface area contributed by atoms with E-state index in [9.17, 15) is 4.79 Å². The standard InChI is InChI=1S/C18H24N4O/c1-5-14(6-2)11-20-15-10-16(22-9-7-8-17(22)23)21-18(12(15)3)13(4)19/h5-6,10,19H,1,7-9,11H2,2-4H3,(H,20,21)/b14-6+,19-13?. The Bertz CT molecular complexity index is 676. The molecule has 1 aromatic heterocycles. The molecule has 0 atom stereocenters. The molecule has 0 spiro atoms. The Morgan fingerprint density at radius 3 is 2.83 bits per heavy atom. The smallest absolute Gasteiger partial charge is 0.228 e. The molecule has 23 heavy (non-hydrogen) atoms. The van der Waals surface area contributed by atoms with E-state index in [1.54, 1.807) is 11.8 Å². The van der Waals surface area contributed by atoms with Gasteiger partial charge in [-0.3, -0.25) is 9.69 Å². The van der Waals surface area contributed by atoms with Crippen LogP contribution in [0.4, 0.5) is 11.5 Å². The third-order valence-electron chi connectivity index (χ3n) is 4.08. The fraction of sp³-hybridized carbons (Fsp3) is 0.389. The van der Waals surface area contributed by atoms with E-state index in [1.807, 2.05) is 32.1 Å². The molecule has 0 aromatic carbocycles. The number of hydrogen-bond acceptors (Lipinski definition) is 4. The predicted octanol–water partition coefficient (Wildman–Crippen LogP) is 3.45. The molecule has 5 heteroatoms. The van der Waals surface area contributed by atoms with E-state index in [4.69, 9.17) is 5.41 Å². The van der Waals surface area contributed by atoms with Crippen molar-refractivity contribution >= 4 is 23.1 Å². The van der Waals surface area contributed by atoms with Gasteiger partial charge >= 0.3 is 0 Å². The Morgan fingerprint density at radius 2 is 2.30 bits per heavy atom. The molecule has 1 aliphatic rings. The van der Waals surface area contributed by atoms with Crippen molar-refractivity contribution < 1.29 is 4.79 Å². The highest BCUT2D eigenvalue weighted by Gasteiger charge is 2.24. The zero-order valence-corrected chi connectivity index (χ0v) is 14.1. The van der Waals surface area contributed by atoms with Crippen LogP contribution >= 0.6 is 0 Å². The Hall–Kier alpha value is -2.43. The van der Waals surface area contributed by atoms with Gasteiger partial charge in [0.15, 0.2) is 0 Å². The predicted molar refractivity (Wildman–Crippen MR) is 95.5 cm³/mol. The number of anilines is 2. The van der Waals surface area contributed by atoms with Crippen molar-refractivity contribution in [3.63, 3.8) is 0 Å². The molecule has 5 nitrogen and oxygen atoms in total. The fourth-order valence-electron chi connectivity index (χ4n) is 2.66. The number of carbonyl (C=O) groups excluding carboxylic acids is 1. The average Bonchev–Trinajstić information content (AvgIpc) is 2.95. The minimum atomic E-state index is 0.0983. The lowest BCUT2D eigenvalue weighted by Gasteiger charge is -2.20. The molecule has 1 amide bonds. The molecule has 0 unspecified atom stereocenters. The maximum atomic E-state index is 12.0. The molecule has 122 valence electrons. The van der Waals surface area contributed by atoms with Crippen LogP contribution in [0.3, 0.4) is 0 Å². The van der Waals surface area contributed by atoms with Crippen LogP contribution in [0.15, 0.2) is 30.4 Å². The maximum Gasteiger partial charge on any atom is 0.228 e. The monoisotopic (exact) mass is 312 g/mol. The minimum absolute atomic E-state index is 0.0983. The van der Waals surface area contributed by atoms with Gasteiger partial charge in [0.05, 0.1) is 11.4 Å². The number of amides is 1. The normalized spacial score (nSPS) is 15.0. The summed E-state index contributed by atoms with van der Waals surface area (Å²) >= 11 is 0. The largest absolute Gasteiger partial charge is 0.381 e. The van der Waals surface area contributed by atoms with Crippen molar-refractivity contribution in [2.75, 3.05) is 23.3 Å². The Kier molecular flexibility index (Phi) is 5.32. The number of hydrogen-bond donors (Lipinski definition) is 2. The average molecular weight is 312 g/mol. The summed E-state index contributed by atoms with van der Waals surface area (Å²) in [6, 6.07) is 1.90. The lowest BCUT2D eigenvalue weighted by Crippen LogP contribution is -2.26. The Balaban J connectivity index is 2.39. The van der Waals surface area contributed by atoms with E-state index in [-0.39, 0.29) is 5.91 Å². The van der Waals surface area contributed by atoms with Crippen LogP contribution in [0.1, 0.15) is 37.9 Å². The first-order valence-corrected chi connectivity index (χ1v) is 7.87. The summed E-state index contributed by atoms with van der Waals surface area (Å²) in [6.07, 6.45) is 5.24. The van der Waals surface area contributed by atoms with Crippen LogP contribution in [0, 0.1) is 12.3 Å². The highest BCUT2D eigenvalue weighted by Crippen LogP contribution is 2.27. The lowest BCUT2D eigenvalue weighted by atomic mass is 10.1. The molecule has 1 aliphatic heterocycles. The number of rotatable bonds is 6. The van der Waals surface area contributed by atoms with Crippen LogP contribution in [0.25, 0.3) is 0 Å². The molecule has 2 N–H and O–H groups in total. The molecule has 0 saturated carbocycles. The second-order valence-corrected chi connectivity index (χ2v) is 5.70. The summed E-state index contributed by atoms with van der Waals surface area (Å²) in [6.45, 7) is 10.8. The summed E-state index contributed by atoms with van der Waals surface area (Å²) in [5, 5.41) is 11.3. The second-order valence-electron chi connectivity index (χ2n) is 5.70. The van der Waals surface area contributed by atoms with Crippen LogP contribution in [-0.2, 0) is 4.79 Å². The van der Waals surface area contributed by atoms with Crippen LogP contribution in [0.2, 0.25) is 0 Å². The Labute approximate surface area is 137 Å². The molecular formula is C18H24N4O. The van der Waals surface area contributed by atoms with Gasteiger partial charge in [0.2, 0.25) is 5.91 Å². The first kappa shape index (κ1) is 16.9. The maximum absolute atomic E-state index is 12.0. The zero-order chi connectivity index (χ0) is 17.0. The number of pyridine rings is 1. The highest BCUT2D eigenvalue weighted by atomic mass is 16.2. The lowest BCUT2D eigenvalue weighted by molar-refractivity contribution is -0.117. The third-order valence-corrected chi connectivity index (χ3v) is 4.08. The molecule has 0 radical (unpaired) electrons. The first-order valence-electron chi connectivity index (χ1n) is 7.87. The fourth-order valence-corrected chi connectivity index (χ4v) is 2.66. The van der Waals surface area contributed by atoms with E-state index >= 15 is 0 Å². The van der Waals surface area contributed by atoms with E-state index in [1.165, 1.54) is 0 Å². The molecular weight excluding hydrogens is 288 g/mol. The summed E-state index contributed by atoms with van der Waals surface area (Å²) in [5.74, 6) is 0.726. The van der Waals surface area contributed by atoms with Crippen molar-refractivity contribution in [1.82, 2.24) is 4.98 Å². The van der Waals surface area contributed by atoms with E-state index < -0.39 is 0 Å². The van der Waals surface area contributed by atoms with Crippen molar-refractivity contribution in [3.05, 3.63) is 41.6 Å². The summed E-state index contributed by atoms with van der Waals surface area (Å²) in [5.41, 5.74) is 3.94. The van der Waals surface area contributed by atoms with Crippen LogP contribution in [-0.4, -0.2) is 29.7 Å². The molecule has 1 fully saturated rings. The van der Waals surface area contributed by atoms with Gasteiger partial charge in [-0.25, -0.2) is 4.98 Å². The Morgan fingerprint density at radius 1 is 1.57 bits per heavy atom. The topological polar surface area (TPSA) is 69.1 Å². The van der Waals surface area contributed by atoms with Gasteiger partial charge in [-0.15, -0.1) is 0 Å². The van der Waals surface area contributed by atoms with Gasteiger partial charge in [-0.1, -0.05) is 18.7 Å². The SMILES string of the molecule is C=C/C(=C\C)CNc1cc(N2CCCC2=O)nc(C(C)=N)c1C. The third kappa shape index (κ3) is 3.67. The van der Waals surface area contributed by atoms with Gasteiger partial charge in [-0.05, 0) is 38.3 Å². The van der Waals surface area contributed by atoms with Gasteiger partial charge in [-0.2, -0.15) is 0 Å². The number of aromatic nitrogens is 1. The zero-order valence-electron chi connectivity index (χ0n) is 14.1. The molecule has 0 bridgehead atoms. The van der Waals surface area contributed by atoms with Crippen molar-refractivity contribution in [1.29, 1.82) is 5.41 Å². The van der Waals surface area contributed by atoms with Gasteiger partial charge in [0.25, 0.3) is 0 Å². The summed E-state index contributed by atoms with van der Waals surface area (Å²) in [7, 11) is 0. The summed E-state index contributed by atoms with van der Waals surface area (Å²) < 4.78 is 0. The number of nitrogens with one attached hydrogen (secondary N) is 2. The second kappa shape index (κ2) is 7.22. The number of carbonyl (C=O) groups is 1. The van der Waals surface area contributed by atoms with Crippen molar-refractivity contribution in [2.24, 2.45) is 0 Å².